The highest BCUT2D eigenvalue weighted by atomic mass is 16.5. The van der Waals surface area contributed by atoms with E-state index in [1.807, 2.05) is 24.3 Å². The Bertz CT molecular complexity index is 1490. The van der Waals surface area contributed by atoms with Crippen LogP contribution in [0.2, 0.25) is 0 Å². The number of carbonyl (C=O) groups excluding carboxylic acids is 2. The number of aryl methyl sites for hydroxylation is 2. The number of aromatic hydroxyl groups is 1. The Morgan fingerprint density at radius 3 is 1.72 bits per heavy atom. The minimum atomic E-state index is 0.0780. The van der Waals surface area contributed by atoms with Gasteiger partial charge in [0.05, 0.1) is 7.11 Å². The second kappa shape index (κ2) is 11.4. The molecule has 4 nitrogen and oxygen atoms in total. The molecular formula is C39H46O4. The standard InChI is InChI=1S/C20H24O2.C19H22O2/c1-22-18-7-8-19-15(11-18)3-2-4-16-12-17(21)9-10-20(16,19)13-14-5-6-14;20-16-6-7-18-14(10-16)2-1-3-15-11-17(21)8-9-19(15,18)12-13-4-5-13/h7-8,11-12,14H,2-6,9-10,13H2,1H3;6-7,10-11,13,20H,1-5,8-9,12H2. The van der Waals surface area contributed by atoms with E-state index in [1.165, 1.54) is 71.9 Å². The number of benzene rings is 2. The molecule has 0 bridgehead atoms. The summed E-state index contributed by atoms with van der Waals surface area (Å²) in [5, 5.41) is 9.83. The average Bonchev–Trinajstić information content (AvgIpc) is 3.92. The van der Waals surface area contributed by atoms with Crippen LogP contribution in [-0.2, 0) is 33.3 Å². The van der Waals surface area contributed by atoms with E-state index in [0.29, 0.717) is 30.2 Å². The van der Waals surface area contributed by atoms with Crippen molar-refractivity contribution in [1.29, 1.82) is 0 Å². The molecule has 8 rings (SSSR count). The van der Waals surface area contributed by atoms with Crippen LogP contribution in [0.5, 0.6) is 11.5 Å². The summed E-state index contributed by atoms with van der Waals surface area (Å²) in [6.45, 7) is 0. The number of methoxy groups -OCH3 is 1. The molecule has 0 radical (unpaired) electrons. The molecule has 2 fully saturated rings. The molecule has 2 aromatic carbocycles. The molecule has 1 N–H and O–H groups in total. The summed E-state index contributed by atoms with van der Waals surface area (Å²) < 4.78 is 5.43. The topological polar surface area (TPSA) is 63.6 Å². The lowest BCUT2D eigenvalue weighted by atomic mass is 9.64. The van der Waals surface area contributed by atoms with Gasteiger partial charge in [-0.2, -0.15) is 0 Å². The summed E-state index contributed by atoms with van der Waals surface area (Å²) in [5.74, 6) is 3.66. The number of phenolic OH excluding ortho intramolecular Hbond substituents is 1. The number of ketones is 2. The zero-order valence-electron chi connectivity index (χ0n) is 25.8. The Labute approximate surface area is 256 Å². The average molecular weight is 579 g/mol. The lowest BCUT2D eigenvalue weighted by Crippen LogP contribution is -2.34. The molecule has 6 aliphatic carbocycles. The minimum absolute atomic E-state index is 0.0780. The van der Waals surface area contributed by atoms with E-state index in [-0.39, 0.29) is 10.8 Å². The number of hydrogen-bond acceptors (Lipinski definition) is 4. The molecular weight excluding hydrogens is 532 g/mol. The first kappa shape index (κ1) is 28.6. The van der Waals surface area contributed by atoms with Gasteiger partial charge >= 0.3 is 0 Å². The van der Waals surface area contributed by atoms with E-state index in [4.69, 9.17) is 4.74 Å². The van der Waals surface area contributed by atoms with E-state index in [9.17, 15) is 14.7 Å². The monoisotopic (exact) mass is 578 g/mol. The summed E-state index contributed by atoms with van der Waals surface area (Å²) in [6, 6.07) is 12.5. The highest BCUT2D eigenvalue weighted by molar-refractivity contribution is 5.93. The third-order valence-electron chi connectivity index (χ3n) is 11.4. The number of ether oxygens (including phenoxy) is 1. The lowest BCUT2D eigenvalue weighted by Gasteiger charge is -2.39. The number of fused-ring (bicyclic) bond motifs is 6. The molecule has 4 heteroatoms. The van der Waals surface area contributed by atoms with E-state index in [0.717, 1.165) is 69.0 Å². The maximum absolute atomic E-state index is 12.0. The molecule has 226 valence electrons. The van der Waals surface area contributed by atoms with Crippen molar-refractivity contribution >= 4 is 11.6 Å². The normalized spacial score (nSPS) is 27.9. The largest absolute Gasteiger partial charge is 0.508 e. The number of allylic oxidation sites excluding steroid dienone is 4. The van der Waals surface area contributed by atoms with Crippen molar-refractivity contribution in [1.82, 2.24) is 0 Å². The zero-order chi connectivity index (χ0) is 29.6. The van der Waals surface area contributed by atoms with Crippen LogP contribution in [-0.4, -0.2) is 23.8 Å². The molecule has 0 aromatic heterocycles. The number of phenols is 1. The van der Waals surface area contributed by atoms with Gasteiger partial charge in [0.2, 0.25) is 0 Å². The Kier molecular flexibility index (Phi) is 7.60. The van der Waals surface area contributed by atoms with E-state index < -0.39 is 0 Å². The van der Waals surface area contributed by atoms with Gasteiger partial charge in [0.25, 0.3) is 0 Å². The van der Waals surface area contributed by atoms with Crippen LogP contribution in [0.25, 0.3) is 0 Å². The van der Waals surface area contributed by atoms with E-state index in [2.05, 4.69) is 24.3 Å². The molecule has 0 aliphatic heterocycles. The Morgan fingerprint density at radius 1 is 0.698 bits per heavy atom. The van der Waals surface area contributed by atoms with Gasteiger partial charge < -0.3 is 9.84 Å². The van der Waals surface area contributed by atoms with Crippen LogP contribution >= 0.6 is 0 Å². The summed E-state index contributed by atoms with van der Waals surface area (Å²) in [5.41, 5.74) is 8.61. The lowest BCUT2D eigenvalue weighted by molar-refractivity contribution is -0.116. The zero-order valence-corrected chi connectivity index (χ0v) is 25.8. The van der Waals surface area contributed by atoms with E-state index in [1.54, 1.807) is 7.11 Å². The Balaban J connectivity index is 0.000000140. The molecule has 0 spiro atoms. The fourth-order valence-corrected chi connectivity index (χ4v) is 8.92. The number of hydrogen-bond donors (Lipinski definition) is 1. The van der Waals surface area contributed by atoms with Gasteiger partial charge in [-0.3, -0.25) is 9.59 Å². The highest BCUT2D eigenvalue weighted by Crippen LogP contribution is 2.55. The maximum atomic E-state index is 12.0. The predicted molar refractivity (Wildman–Crippen MR) is 170 cm³/mol. The summed E-state index contributed by atoms with van der Waals surface area (Å²) in [7, 11) is 1.74. The van der Waals surface area contributed by atoms with Gasteiger partial charge in [0.15, 0.2) is 11.6 Å². The molecule has 0 saturated heterocycles. The summed E-state index contributed by atoms with van der Waals surface area (Å²) in [6.07, 6.45) is 21.6. The maximum Gasteiger partial charge on any atom is 0.155 e. The second-order valence-electron chi connectivity index (χ2n) is 14.3. The van der Waals surface area contributed by atoms with Gasteiger partial charge in [-0.25, -0.2) is 0 Å². The molecule has 6 aliphatic rings. The van der Waals surface area contributed by atoms with Crippen LogP contribution in [0.3, 0.4) is 0 Å². The van der Waals surface area contributed by atoms with Crippen molar-refractivity contribution in [3.63, 3.8) is 0 Å². The fraction of sp³-hybridized carbons (Fsp3) is 0.538. The molecule has 2 aromatic rings. The van der Waals surface area contributed by atoms with Gasteiger partial charge in [-0.15, -0.1) is 0 Å². The van der Waals surface area contributed by atoms with Crippen LogP contribution < -0.4 is 4.74 Å². The first-order valence-electron chi connectivity index (χ1n) is 16.9. The minimum Gasteiger partial charge on any atom is -0.508 e. The molecule has 0 amide bonds. The van der Waals surface area contributed by atoms with Crippen LogP contribution in [0.1, 0.15) is 112 Å². The summed E-state index contributed by atoms with van der Waals surface area (Å²) in [4.78, 5) is 23.9. The van der Waals surface area contributed by atoms with E-state index >= 15 is 0 Å². The quantitative estimate of drug-likeness (QED) is 0.387. The summed E-state index contributed by atoms with van der Waals surface area (Å²) >= 11 is 0. The highest BCUT2D eigenvalue weighted by Gasteiger charge is 2.46. The fourth-order valence-electron chi connectivity index (χ4n) is 8.92. The second-order valence-corrected chi connectivity index (χ2v) is 14.3. The predicted octanol–water partition coefficient (Wildman–Crippen LogP) is 8.41. The van der Waals surface area contributed by atoms with Crippen molar-refractivity contribution in [3.8, 4) is 11.5 Å². The van der Waals surface area contributed by atoms with Gasteiger partial charge in [-0.05, 0) is 135 Å². The number of rotatable bonds is 5. The molecule has 2 unspecified atom stereocenters. The molecule has 0 heterocycles. The molecule has 2 saturated carbocycles. The van der Waals surface area contributed by atoms with Crippen molar-refractivity contribution in [2.45, 2.75) is 114 Å². The number of carbonyl (C=O) groups is 2. The third-order valence-corrected chi connectivity index (χ3v) is 11.4. The van der Waals surface area contributed by atoms with Crippen molar-refractivity contribution in [3.05, 3.63) is 82.0 Å². The molecule has 2 atom stereocenters. The molecule has 43 heavy (non-hydrogen) atoms. The Morgan fingerprint density at radius 2 is 1.21 bits per heavy atom. The first-order chi connectivity index (χ1) is 20.9. The smallest absolute Gasteiger partial charge is 0.155 e. The van der Waals surface area contributed by atoms with Gasteiger partial charge in [-0.1, -0.05) is 49.0 Å². The van der Waals surface area contributed by atoms with Crippen LogP contribution in [0.4, 0.5) is 0 Å². The SMILES string of the molecule is COc1ccc2c(c1)CCCC1=CC(=O)CCC12CC1CC1.O=C1C=C2CCCc3cc(O)ccc3C2(CC2CC2)CC1. The van der Waals surface area contributed by atoms with Gasteiger partial charge in [0, 0.05) is 23.7 Å². The first-order valence-corrected chi connectivity index (χ1v) is 16.9. The van der Waals surface area contributed by atoms with Crippen molar-refractivity contribution in [2.75, 3.05) is 7.11 Å². The van der Waals surface area contributed by atoms with Crippen molar-refractivity contribution in [2.24, 2.45) is 11.8 Å². The third kappa shape index (κ3) is 5.63. The van der Waals surface area contributed by atoms with Crippen LogP contribution in [0.15, 0.2) is 59.7 Å². The Hall–Kier alpha value is -3.14. The van der Waals surface area contributed by atoms with Crippen molar-refractivity contribution < 1.29 is 19.4 Å². The van der Waals surface area contributed by atoms with Crippen LogP contribution in [0, 0.1) is 11.8 Å². The van der Waals surface area contributed by atoms with Gasteiger partial charge in [0.1, 0.15) is 11.5 Å².